The van der Waals surface area contributed by atoms with Gasteiger partial charge in [-0.25, -0.2) is 0 Å². The minimum absolute atomic E-state index is 0.718. The number of fused-ring (bicyclic) bond motifs is 2. The van der Waals surface area contributed by atoms with Crippen LogP contribution in [0.25, 0.3) is 0 Å². The topological polar surface area (TPSA) is 12.0 Å². The predicted octanol–water partition coefficient (Wildman–Crippen LogP) is 4.15. The highest BCUT2D eigenvalue weighted by atomic mass is 15.0. The number of rotatable bonds is 3. The summed E-state index contributed by atoms with van der Waals surface area (Å²) in [5, 5.41) is 4.00. The van der Waals surface area contributed by atoms with E-state index in [2.05, 4.69) is 31.3 Å². The normalized spacial score (nSPS) is 45.1. The zero-order valence-corrected chi connectivity index (χ0v) is 12.1. The first-order valence-electron chi connectivity index (χ1n) is 8.18. The van der Waals surface area contributed by atoms with E-state index in [1.807, 2.05) is 0 Å². The quantitative estimate of drug-likeness (QED) is 0.583. The zero-order valence-electron chi connectivity index (χ0n) is 12.1. The molecule has 1 nitrogen and oxygen atoms in total. The molecule has 0 saturated heterocycles. The van der Waals surface area contributed by atoms with Gasteiger partial charge in [0.2, 0.25) is 0 Å². The van der Waals surface area contributed by atoms with Gasteiger partial charge in [-0.2, -0.15) is 0 Å². The molecule has 0 heterocycles. The summed E-state index contributed by atoms with van der Waals surface area (Å²) in [6.07, 6.45) is 15.0. The van der Waals surface area contributed by atoms with Crippen LogP contribution in [0.2, 0.25) is 0 Å². The third-order valence-corrected chi connectivity index (χ3v) is 5.81. The molecule has 1 heteroatoms. The fourth-order valence-corrected chi connectivity index (χ4v) is 4.60. The van der Waals surface area contributed by atoms with E-state index in [4.69, 9.17) is 0 Å². The van der Waals surface area contributed by atoms with Crippen molar-refractivity contribution >= 4 is 0 Å². The SMILES string of the molecule is CC1CCCCCC1NC(C)C1CC2C=CC1C2. The Morgan fingerprint density at radius 2 is 1.89 bits per heavy atom. The third-order valence-electron chi connectivity index (χ3n) is 5.81. The minimum atomic E-state index is 0.718. The van der Waals surface area contributed by atoms with Crippen molar-refractivity contribution in [2.75, 3.05) is 0 Å². The van der Waals surface area contributed by atoms with Crippen LogP contribution in [0.3, 0.4) is 0 Å². The van der Waals surface area contributed by atoms with Gasteiger partial charge < -0.3 is 5.32 Å². The molecule has 18 heavy (non-hydrogen) atoms. The standard InChI is InChI=1S/C17H29N/c1-12-6-4-3-5-7-17(12)18-13(2)16-11-14-8-9-15(16)10-14/h8-9,12-18H,3-7,10-11H2,1-2H3. The van der Waals surface area contributed by atoms with Crippen LogP contribution >= 0.6 is 0 Å². The van der Waals surface area contributed by atoms with Crippen LogP contribution in [-0.2, 0) is 0 Å². The summed E-state index contributed by atoms with van der Waals surface area (Å²) in [5.41, 5.74) is 0. The van der Waals surface area contributed by atoms with E-state index in [-0.39, 0.29) is 0 Å². The Labute approximate surface area is 112 Å². The number of nitrogens with one attached hydrogen (secondary N) is 1. The average molecular weight is 247 g/mol. The Balaban J connectivity index is 1.56. The van der Waals surface area contributed by atoms with Crippen molar-refractivity contribution in [3.05, 3.63) is 12.2 Å². The lowest BCUT2D eigenvalue weighted by atomic mass is 9.86. The monoisotopic (exact) mass is 247 g/mol. The van der Waals surface area contributed by atoms with Crippen molar-refractivity contribution in [3.63, 3.8) is 0 Å². The first-order chi connectivity index (χ1) is 8.74. The van der Waals surface area contributed by atoms with Crippen molar-refractivity contribution in [2.45, 2.75) is 70.9 Å². The lowest BCUT2D eigenvalue weighted by Crippen LogP contribution is -2.44. The summed E-state index contributed by atoms with van der Waals surface area (Å²) in [7, 11) is 0. The molecule has 3 aliphatic rings. The van der Waals surface area contributed by atoms with Gasteiger partial charge in [-0.15, -0.1) is 0 Å². The highest BCUT2D eigenvalue weighted by Gasteiger charge is 2.39. The fourth-order valence-electron chi connectivity index (χ4n) is 4.60. The van der Waals surface area contributed by atoms with E-state index in [0.29, 0.717) is 0 Å². The summed E-state index contributed by atoms with van der Waals surface area (Å²) in [4.78, 5) is 0. The Hall–Kier alpha value is -0.300. The van der Waals surface area contributed by atoms with Crippen LogP contribution in [0.5, 0.6) is 0 Å². The van der Waals surface area contributed by atoms with Crippen LogP contribution in [-0.4, -0.2) is 12.1 Å². The second-order valence-electron chi connectivity index (χ2n) is 7.12. The van der Waals surface area contributed by atoms with Crippen LogP contribution in [0.15, 0.2) is 12.2 Å². The molecule has 0 spiro atoms. The van der Waals surface area contributed by atoms with Crippen molar-refractivity contribution in [2.24, 2.45) is 23.7 Å². The van der Waals surface area contributed by atoms with Gasteiger partial charge in [-0.05, 0) is 56.3 Å². The van der Waals surface area contributed by atoms with E-state index in [1.165, 1.54) is 44.9 Å². The molecule has 1 N–H and O–H groups in total. The molecule has 102 valence electrons. The molecular formula is C17H29N. The van der Waals surface area contributed by atoms with E-state index in [1.54, 1.807) is 0 Å². The second kappa shape index (κ2) is 5.36. The molecule has 6 atom stereocenters. The molecule has 6 unspecified atom stereocenters. The van der Waals surface area contributed by atoms with Gasteiger partial charge in [0.1, 0.15) is 0 Å². The fraction of sp³-hybridized carbons (Fsp3) is 0.882. The van der Waals surface area contributed by atoms with Gasteiger partial charge >= 0.3 is 0 Å². The zero-order chi connectivity index (χ0) is 12.5. The Morgan fingerprint density at radius 3 is 2.61 bits per heavy atom. The Morgan fingerprint density at radius 1 is 1.06 bits per heavy atom. The maximum absolute atomic E-state index is 4.00. The molecule has 0 aromatic heterocycles. The molecule has 3 rings (SSSR count). The highest BCUT2D eigenvalue weighted by Crippen LogP contribution is 2.45. The van der Waals surface area contributed by atoms with Gasteiger partial charge in [-0.1, -0.05) is 38.3 Å². The van der Waals surface area contributed by atoms with E-state index in [0.717, 1.165) is 35.8 Å². The predicted molar refractivity (Wildman–Crippen MR) is 77.5 cm³/mol. The van der Waals surface area contributed by atoms with Crippen LogP contribution < -0.4 is 5.32 Å². The summed E-state index contributed by atoms with van der Waals surface area (Å²) >= 11 is 0. The van der Waals surface area contributed by atoms with Crippen molar-refractivity contribution in [1.82, 2.24) is 5.32 Å². The Bertz CT molecular complexity index is 309. The maximum Gasteiger partial charge on any atom is 0.00952 e. The molecule has 0 aliphatic heterocycles. The Kier molecular flexibility index (Phi) is 3.79. The first-order valence-corrected chi connectivity index (χ1v) is 8.18. The van der Waals surface area contributed by atoms with Gasteiger partial charge in [0, 0.05) is 12.1 Å². The molecule has 2 fully saturated rings. The summed E-state index contributed by atoms with van der Waals surface area (Å²) in [6, 6.07) is 1.50. The third kappa shape index (κ3) is 2.52. The lowest BCUT2D eigenvalue weighted by molar-refractivity contribution is 0.257. The largest absolute Gasteiger partial charge is 0.311 e. The molecular weight excluding hydrogens is 218 g/mol. The second-order valence-corrected chi connectivity index (χ2v) is 7.12. The van der Waals surface area contributed by atoms with E-state index < -0.39 is 0 Å². The molecule has 0 radical (unpaired) electrons. The number of hydrogen-bond donors (Lipinski definition) is 1. The molecule has 0 aromatic carbocycles. The van der Waals surface area contributed by atoms with E-state index in [9.17, 15) is 0 Å². The van der Waals surface area contributed by atoms with Gasteiger partial charge in [-0.3, -0.25) is 0 Å². The number of allylic oxidation sites excluding steroid dienone is 2. The molecule has 3 aliphatic carbocycles. The van der Waals surface area contributed by atoms with Gasteiger partial charge in [0.05, 0.1) is 0 Å². The summed E-state index contributed by atoms with van der Waals surface area (Å²) in [6.45, 7) is 4.90. The average Bonchev–Trinajstić information content (AvgIpc) is 2.93. The first kappa shape index (κ1) is 12.7. The van der Waals surface area contributed by atoms with Crippen LogP contribution in [0, 0.1) is 23.7 Å². The van der Waals surface area contributed by atoms with Crippen molar-refractivity contribution < 1.29 is 0 Å². The smallest absolute Gasteiger partial charge is 0.00952 e. The summed E-state index contributed by atoms with van der Waals surface area (Å²) in [5.74, 6) is 3.59. The molecule has 0 amide bonds. The number of hydrogen-bond acceptors (Lipinski definition) is 1. The van der Waals surface area contributed by atoms with Crippen molar-refractivity contribution in [1.29, 1.82) is 0 Å². The molecule has 0 aromatic rings. The minimum Gasteiger partial charge on any atom is -0.311 e. The lowest BCUT2D eigenvalue weighted by Gasteiger charge is -2.32. The van der Waals surface area contributed by atoms with Crippen molar-refractivity contribution in [3.8, 4) is 0 Å². The highest BCUT2D eigenvalue weighted by molar-refractivity contribution is 5.11. The van der Waals surface area contributed by atoms with E-state index >= 15 is 0 Å². The molecule has 2 bridgehead atoms. The molecule has 2 saturated carbocycles. The van der Waals surface area contributed by atoms with Gasteiger partial charge in [0.15, 0.2) is 0 Å². The van der Waals surface area contributed by atoms with Gasteiger partial charge in [0.25, 0.3) is 0 Å². The maximum atomic E-state index is 4.00. The van der Waals surface area contributed by atoms with Crippen LogP contribution in [0.4, 0.5) is 0 Å². The van der Waals surface area contributed by atoms with Crippen LogP contribution in [0.1, 0.15) is 58.8 Å². The summed E-state index contributed by atoms with van der Waals surface area (Å²) < 4.78 is 0.